The lowest BCUT2D eigenvalue weighted by atomic mass is 9.80. The molecule has 1 spiro atoms. The van der Waals surface area contributed by atoms with Crippen molar-refractivity contribution in [2.24, 2.45) is 5.41 Å². The van der Waals surface area contributed by atoms with Gasteiger partial charge in [-0.25, -0.2) is 0 Å². The Morgan fingerprint density at radius 1 is 0.750 bits per heavy atom. The summed E-state index contributed by atoms with van der Waals surface area (Å²) in [4.78, 5) is 0. The van der Waals surface area contributed by atoms with Crippen molar-refractivity contribution >= 4 is 0 Å². The fourth-order valence-electron chi connectivity index (χ4n) is 2.59. The summed E-state index contributed by atoms with van der Waals surface area (Å²) < 4.78 is 0. The van der Waals surface area contributed by atoms with Crippen LogP contribution in [-0.4, -0.2) is 0 Å². The highest BCUT2D eigenvalue weighted by molar-refractivity contribution is 5.14. The van der Waals surface area contributed by atoms with Gasteiger partial charge in [-0.1, -0.05) is 31.6 Å². The maximum absolute atomic E-state index is 3.55. The largest absolute Gasteiger partial charge is 0.103 e. The fourth-order valence-corrected chi connectivity index (χ4v) is 2.59. The molecule has 0 aromatic rings. The predicted molar refractivity (Wildman–Crippen MR) is 51.8 cm³/mol. The van der Waals surface area contributed by atoms with Gasteiger partial charge in [-0.2, -0.15) is 0 Å². The summed E-state index contributed by atoms with van der Waals surface area (Å²) in [6.07, 6.45) is 12.3. The third-order valence-corrected chi connectivity index (χ3v) is 3.37. The molecule has 0 bridgehead atoms. The Morgan fingerprint density at radius 2 is 1.42 bits per heavy atom. The second-order valence-electron chi connectivity index (χ2n) is 4.35. The van der Waals surface area contributed by atoms with Crippen LogP contribution in [-0.2, 0) is 0 Å². The highest BCUT2D eigenvalue weighted by atomic mass is 14.3. The Labute approximate surface area is 75.7 Å². The molecule has 0 unspecified atom stereocenters. The first kappa shape index (κ1) is 8.17. The molecular formula is C12H18. The Bertz CT molecular complexity index is 198. The molecule has 2 aliphatic carbocycles. The van der Waals surface area contributed by atoms with Crippen molar-refractivity contribution in [3.8, 4) is 11.8 Å². The summed E-state index contributed by atoms with van der Waals surface area (Å²) in [5, 5.41) is 0. The van der Waals surface area contributed by atoms with Crippen LogP contribution in [0.25, 0.3) is 0 Å². The minimum Gasteiger partial charge on any atom is -0.103 e. The lowest BCUT2D eigenvalue weighted by Gasteiger charge is -2.23. The van der Waals surface area contributed by atoms with E-state index < -0.39 is 0 Å². The summed E-state index contributed by atoms with van der Waals surface area (Å²) in [5.41, 5.74) is 0.487. The van der Waals surface area contributed by atoms with Gasteiger partial charge in [-0.05, 0) is 25.7 Å². The molecule has 0 heterocycles. The molecule has 0 nitrogen and oxygen atoms in total. The summed E-state index contributed by atoms with van der Waals surface area (Å²) in [6, 6.07) is 0. The standard InChI is InChI=1S/C12H18/c1-2-4-8-12(9-5-3-1)10-6-7-11-12/h1-4,6-8,10-11H2. The molecule has 2 rings (SSSR count). The fraction of sp³-hybridized carbons (Fsp3) is 0.833. The van der Waals surface area contributed by atoms with Crippen LogP contribution >= 0.6 is 0 Å². The summed E-state index contributed by atoms with van der Waals surface area (Å²) in [6.45, 7) is 0. The molecule has 2 aliphatic rings. The first-order valence-corrected chi connectivity index (χ1v) is 5.41. The molecule has 0 N–H and O–H groups in total. The third-order valence-electron chi connectivity index (χ3n) is 3.37. The molecule has 0 aromatic heterocycles. The van der Waals surface area contributed by atoms with E-state index in [0.717, 1.165) is 6.42 Å². The van der Waals surface area contributed by atoms with Crippen molar-refractivity contribution in [1.29, 1.82) is 0 Å². The molecule has 1 saturated carbocycles. The molecule has 0 saturated heterocycles. The first-order chi connectivity index (χ1) is 5.91. The van der Waals surface area contributed by atoms with Crippen LogP contribution in [0.2, 0.25) is 0 Å². The summed E-state index contributed by atoms with van der Waals surface area (Å²) in [7, 11) is 0. The van der Waals surface area contributed by atoms with Gasteiger partial charge in [-0.15, -0.1) is 5.92 Å². The van der Waals surface area contributed by atoms with Crippen LogP contribution < -0.4 is 0 Å². The van der Waals surface area contributed by atoms with Gasteiger partial charge in [0.25, 0.3) is 0 Å². The van der Waals surface area contributed by atoms with E-state index in [2.05, 4.69) is 11.8 Å². The zero-order valence-corrected chi connectivity index (χ0v) is 7.86. The van der Waals surface area contributed by atoms with E-state index in [1.165, 1.54) is 51.4 Å². The summed E-state index contributed by atoms with van der Waals surface area (Å²) in [5.74, 6) is 6.92. The monoisotopic (exact) mass is 162 g/mol. The van der Waals surface area contributed by atoms with E-state index in [0.29, 0.717) is 5.41 Å². The third kappa shape index (κ3) is 1.66. The van der Waals surface area contributed by atoms with Crippen molar-refractivity contribution in [2.45, 2.75) is 57.8 Å². The van der Waals surface area contributed by atoms with Crippen molar-refractivity contribution in [3.63, 3.8) is 0 Å². The van der Waals surface area contributed by atoms with Gasteiger partial charge >= 0.3 is 0 Å². The van der Waals surface area contributed by atoms with Gasteiger partial charge in [0, 0.05) is 11.8 Å². The van der Waals surface area contributed by atoms with Crippen LogP contribution in [0.5, 0.6) is 0 Å². The summed E-state index contributed by atoms with van der Waals surface area (Å²) >= 11 is 0. The lowest BCUT2D eigenvalue weighted by Crippen LogP contribution is -2.14. The van der Waals surface area contributed by atoms with Crippen molar-refractivity contribution in [2.75, 3.05) is 0 Å². The van der Waals surface area contributed by atoms with E-state index in [-0.39, 0.29) is 0 Å². The van der Waals surface area contributed by atoms with Crippen LogP contribution in [0.15, 0.2) is 0 Å². The molecule has 66 valence electrons. The normalized spacial score (nSPS) is 27.3. The molecule has 0 aromatic carbocycles. The highest BCUT2D eigenvalue weighted by Gasteiger charge is 2.31. The Morgan fingerprint density at radius 3 is 2.17 bits per heavy atom. The van der Waals surface area contributed by atoms with Crippen molar-refractivity contribution in [1.82, 2.24) is 0 Å². The van der Waals surface area contributed by atoms with Gasteiger partial charge in [0.1, 0.15) is 0 Å². The van der Waals surface area contributed by atoms with Crippen molar-refractivity contribution in [3.05, 3.63) is 0 Å². The quantitative estimate of drug-likeness (QED) is 0.478. The van der Waals surface area contributed by atoms with Gasteiger partial charge in [0.2, 0.25) is 0 Å². The first-order valence-electron chi connectivity index (χ1n) is 5.41. The molecule has 12 heavy (non-hydrogen) atoms. The maximum Gasteiger partial charge on any atom is 0.0314 e. The van der Waals surface area contributed by atoms with E-state index >= 15 is 0 Å². The predicted octanol–water partition coefficient (Wildman–Crippen LogP) is 3.51. The molecule has 0 amide bonds. The van der Waals surface area contributed by atoms with E-state index in [1.54, 1.807) is 0 Å². The second kappa shape index (κ2) is 3.52. The van der Waals surface area contributed by atoms with Gasteiger partial charge < -0.3 is 0 Å². The molecule has 0 radical (unpaired) electrons. The van der Waals surface area contributed by atoms with E-state index in [9.17, 15) is 0 Å². The molecule has 0 aliphatic heterocycles. The van der Waals surface area contributed by atoms with E-state index in [1.807, 2.05) is 0 Å². The topological polar surface area (TPSA) is 0 Å². The second-order valence-corrected chi connectivity index (χ2v) is 4.35. The SMILES string of the molecule is C1#CC2(CCCCC1)CCCC2. The zero-order valence-electron chi connectivity index (χ0n) is 7.86. The van der Waals surface area contributed by atoms with Gasteiger partial charge in [0.15, 0.2) is 0 Å². The smallest absolute Gasteiger partial charge is 0.0314 e. The molecular weight excluding hydrogens is 144 g/mol. The zero-order chi connectivity index (χ0) is 8.28. The minimum absolute atomic E-state index is 0.487. The molecule has 0 atom stereocenters. The average Bonchev–Trinajstić information content (AvgIpc) is 2.47. The number of hydrogen-bond acceptors (Lipinski definition) is 0. The van der Waals surface area contributed by atoms with Gasteiger partial charge in [-0.3, -0.25) is 0 Å². The van der Waals surface area contributed by atoms with Gasteiger partial charge in [0.05, 0.1) is 0 Å². The van der Waals surface area contributed by atoms with E-state index in [4.69, 9.17) is 0 Å². The van der Waals surface area contributed by atoms with Crippen LogP contribution in [0.3, 0.4) is 0 Å². The lowest BCUT2D eigenvalue weighted by molar-refractivity contribution is 0.359. The van der Waals surface area contributed by atoms with Crippen LogP contribution in [0, 0.1) is 17.3 Å². The maximum atomic E-state index is 3.55. The Hall–Kier alpha value is -0.440. The Balaban J connectivity index is 2.09. The molecule has 0 heteroatoms. The average molecular weight is 162 g/mol. The number of hydrogen-bond donors (Lipinski definition) is 0. The van der Waals surface area contributed by atoms with Crippen molar-refractivity contribution < 1.29 is 0 Å². The Kier molecular flexibility index (Phi) is 2.40. The van der Waals surface area contributed by atoms with Crippen LogP contribution in [0.4, 0.5) is 0 Å². The molecule has 1 fully saturated rings. The highest BCUT2D eigenvalue weighted by Crippen LogP contribution is 2.42. The van der Waals surface area contributed by atoms with Crippen LogP contribution in [0.1, 0.15) is 57.8 Å². The number of rotatable bonds is 0. The minimum atomic E-state index is 0.487.